The monoisotopic (exact) mass is 269 g/mol. The molecule has 0 radical (unpaired) electrons. The van der Waals surface area contributed by atoms with Crippen LogP contribution in [0.4, 0.5) is 0 Å². The van der Waals surface area contributed by atoms with Crippen LogP contribution in [-0.2, 0) is 4.74 Å². The summed E-state index contributed by atoms with van der Waals surface area (Å²) in [6, 6.07) is 12.9. The minimum absolute atomic E-state index is 0. The smallest absolute Gasteiger partial charge is 0.625 e. The summed E-state index contributed by atoms with van der Waals surface area (Å²) in [5.74, 6) is -1.05. The van der Waals surface area contributed by atoms with Gasteiger partial charge < -0.3 is 20.0 Å². The molecule has 0 bridgehead atoms. The van der Waals surface area contributed by atoms with E-state index in [-0.39, 0.29) is 43.4 Å². The van der Waals surface area contributed by atoms with Crippen LogP contribution < -0.4 is 42.8 Å². The Morgan fingerprint density at radius 2 is 1.71 bits per heavy atom. The zero-order valence-corrected chi connectivity index (χ0v) is 12.7. The molecule has 0 heterocycles. The zero-order chi connectivity index (χ0) is 13.8. The molecule has 2 rings (SSSR count). The van der Waals surface area contributed by atoms with Gasteiger partial charge in [0.25, 0.3) is 0 Å². The van der Waals surface area contributed by atoms with Crippen LogP contribution in [-0.4, -0.2) is 13.0 Å². The van der Waals surface area contributed by atoms with Gasteiger partial charge >= 0.3 is 37.7 Å². The van der Waals surface area contributed by atoms with Crippen LogP contribution in [0, 0.1) is 0 Å². The Hall–Kier alpha value is -1.30. The summed E-state index contributed by atoms with van der Waals surface area (Å²) in [7, 11) is 1.25. The molecular formula is C15H13Li2NO3. The third-order valence-electron chi connectivity index (χ3n) is 2.77. The average Bonchev–Trinajstić information content (AvgIpc) is 2.45. The van der Waals surface area contributed by atoms with Gasteiger partial charge in [-0.15, -0.1) is 5.70 Å². The molecule has 0 saturated heterocycles. The van der Waals surface area contributed by atoms with Gasteiger partial charge in [0.15, 0.2) is 0 Å². The maximum absolute atomic E-state index is 12.1. The maximum atomic E-state index is 12.1. The van der Waals surface area contributed by atoms with Gasteiger partial charge in [0.1, 0.15) is 0 Å². The normalized spacial score (nSPS) is 10.8. The van der Waals surface area contributed by atoms with E-state index in [0.717, 1.165) is 10.8 Å². The first-order chi connectivity index (χ1) is 9.13. The van der Waals surface area contributed by atoms with E-state index in [9.17, 15) is 9.90 Å². The number of methoxy groups -OCH3 is 1. The number of ether oxygens (including phenoxy) is 1. The molecule has 0 atom stereocenters. The van der Waals surface area contributed by atoms with E-state index in [1.54, 1.807) is 12.1 Å². The predicted octanol–water partition coefficient (Wildman–Crippen LogP) is -3.44. The molecule has 0 aromatic heterocycles. The Bertz CT molecular complexity index is 651. The van der Waals surface area contributed by atoms with Gasteiger partial charge in [-0.05, 0) is 17.9 Å². The number of allylic oxidation sites excluding steroid dienone is 1. The third kappa shape index (κ3) is 4.59. The topological polar surface area (TPSA) is 63.5 Å². The Kier molecular flexibility index (Phi) is 8.33. The average molecular weight is 269 g/mol. The van der Waals surface area contributed by atoms with E-state index >= 15 is 0 Å². The van der Waals surface area contributed by atoms with Crippen LogP contribution in [0.5, 0.6) is 0 Å². The summed E-state index contributed by atoms with van der Waals surface area (Å²) in [6.45, 7) is 1.45. The fraction of sp³-hybridized carbons (Fsp3) is 0.133. The fourth-order valence-electron chi connectivity index (χ4n) is 1.82. The van der Waals surface area contributed by atoms with E-state index in [2.05, 4.69) is 10.1 Å². The third-order valence-corrected chi connectivity index (χ3v) is 2.77. The summed E-state index contributed by atoms with van der Waals surface area (Å²) < 4.78 is 4.51. The number of hydrogen-bond acceptors (Lipinski definition) is 3. The largest absolute Gasteiger partial charge is 1.00 e. The fourth-order valence-corrected chi connectivity index (χ4v) is 1.82. The van der Waals surface area contributed by atoms with Crippen molar-refractivity contribution in [3.63, 3.8) is 0 Å². The molecule has 0 fully saturated rings. The quantitative estimate of drug-likeness (QED) is 0.430. The number of benzene rings is 2. The van der Waals surface area contributed by atoms with Crippen LogP contribution in [0.1, 0.15) is 17.3 Å². The van der Waals surface area contributed by atoms with Gasteiger partial charge in [-0.25, -0.2) is 0 Å². The molecule has 0 aliphatic carbocycles. The second kappa shape index (κ2) is 8.87. The van der Waals surface area contributed by atoms with E-state index < -0.39 is 11.9 Å². The van der Waals surface area contributed by atoms with Gasteiger partial charge in [-0.3, -0.25) is 0 Å². The van der Waals surface area contributed by atoms with Gasteiger partial charge in [-0.1, -0.05) is 49.4 Å². The molecule has 0 saturated carbocycles. The van der Waals surface area contributed by atoms with Crippen molar-refractivity contribution < 1.29 is 52.4 Å². The molecule has 6 heteroatoms. The summed E-state index contributed by atoms with van der Waals surface area (Å²) in [6.07, 6.45) is 0. The van der Waals surface area contributed by atoms with Gasteiger partial charge in [0.2, 0.25) is 0 Å². The number of hydrogen-bond donors (Lipinski definition) is 0. The number of fused-ring (bicyclic) bond motifs is 1. The Morgan fingerprint density at radius 3 is 2.38 bits per heavy atom. The molecule has 4 nitrogen and oxygen atoms in total. The molecule has 0 unspecified atom stereocenters. The Morgan fingerprint density at radius 1 is 1.10 bits per heavy atom. The second-order valence-corrected chi connectivity index (χ2v) is 4.02. The molecule has 98 valence electrons. The van der Waals surface area contributed by atoms with Crippen molar-refractivity contribution in [2.45, 2.75) is 6.92 Å². The standard InChI is InChI=1S/C15H15NO3.2Li/c1-10(15(18)19-2)16-14(17)13-9-5-7-11-6-3-4-8-12(11)13;;/h3-9H,1-2H3,(H2,16,17,18);;/q;2*+1/p-2/b15-10-;;. The molecule has 2 aromatic carbocycles. The number of nitrogens with zero attached hydrogens (tertiary/aromatic N) is 1. The minimum atomic E-state index is -0.603. The van der Waals surface area contributed by atoms with Crippen molar-refractivity contribution in [3.05, 3.63) is 65.0 Å². The van der Waals surface area contributed by atoms with Gasteiger partial charge in [-0.2, -0.15) is 0 Å². The molecule has 0 aliphatic heterocycles. The van der Waals surface area contributed by atoms with Crippen molar-refractivity contribution in [3.8, 4) is 0 Å². The Labute approximate surface area is 147 Å². The van der Waals surface area contributed by atoms with E-state index in [1.165, 1.54) is 14.0 Å². The Balaban J connectivity index is 0.00000200. The number of carbonyl (C=O) groups is 1. The van der Waals surface area contributed by atoms with E-state index in [1.807, 2.05) is 30.3 Å². The van der Waals surface area contributed by atoms with Crippen molar-refractivity contribution in [2.75, 3.05) is 7.11 Å². The maximum Gasteiger partial charge on any atom is 1.00 e. The predicted molar refractivity (Wildman–Crippen MR) is 71.3 cm³/mol. The van der Waals surface area contributed by atoms with E-state index in [4.69, 9.17) is 0 Å². The van der Waals surface area contributed by atoms with Crippen molar-refractivity contribution >= 4 is 16.7 Å². The molecule has 2 aromatic rings. The van der Waals surface area contributed by atoms with Crippen LogP contribution in [0.25, 0.3) is 16.1 Å². The summed E-state index contributed by atoms with van der Waals surface area (Å²) in [5, 5.41) is 16.8. The minimum Gasteiger partial charge on any atom is -0.625 e. The zero-order valence-electron chi connectivity index (χ0n) is 12.7. The van der Waals surface area contributed by atoms with Crippen LogP contribution in [0.2, 0.25) is 0 Å². The first-order valence-corrected chi connectivity index (χ1v) is 5.79. The number of amides is 1. The van der Waals surface area contributed by atoms with Crippen molar-refractivity contribution in [1.82, 2.24) is 0 Å². The second-order valence-electron chi connectivity index (χ2n) is 4.02. The number of rotatable bonds is 3. The molecule has 0 aliphatic rings. The molecule has 0 N–H and O–H groups in total. The molecule has 0 spiro atoms. The first-order valence-electron chi connectivity index (χ1n) is 5.79. The van der Waals surface area contributed by atoms with Crippen molar-refractivity contribution in [1.29, 1.82) is 0 Å². The number of carbonyl (C=O) groups excluding carboxylic acids is 1. The summed E-state index contributed by atoms with van der Waals surface area (Å²) in [4.78, 5) is 12.1. The van der Waals surface area contributed by atoms with Crippen LogP contribution in [0.15, 0.2) is 54.1 Å². The molecular weight excluding hydrogens is 256 g/mol. The SMILES string of the molecule is CO/C([O-])=C(/C)[N-]C(=O)c1cccc2ccccc12.[Li+].[Li+]. The van der Waals surface area contributed by atoms with Crippen molar-refractivity contribution in [2.24, 2.45) is 0 Å². The van der Waals surface area contributed by atoms with Gasteiger partial charge in [0, 0.05) is 11.5 Å². The molecule has 1 amide bonds. The first kappa shape index (κ1) is 19.7. The van der Waals surface area contributed by atoms with Crippen LogP contribution in [0.3, 0.4) is 0 Å². The van der Waals surface area contributed by atoms with Gasteiger partial charge in [0.05, 0.1) is 5.91 Å². The molecule has 21 heavy (non-hydrogen) atoms. The summed E-state index contributed by atoms with van der Waals surface area (Å²) >= 11 is 0. The summed E-state index contributed by atoms with van der Waals surface area (Å²) in [5.41, 5.74) is 0.516. The van der Waals surface area contributed by atoms with Crippen LogP contribution >= 0.6 is 0 Å². The van der Waals surface area contributed by atoms with E-state index in [0.29, 0.717) is 5.56 Å².